The molecule has 0 amide bonds. The first-order valence-corrected chi connectivity index (χ1v) is 8.87. The van der Waals surface area contributed by atoms with Crippen molar-refractivity contribution in [3.8, 4) is 11.5 Å². The Hall–Kier alpha value is -3.01. The summed E-state index contributed by atoms with van der Waals surface area (Å²) in [7, 11) is 2.90. The minimum Gasteiger partial charge on any atom is -0.493 e. The van der Waals surface area contributed by atoms with Crippen LogP contribution in [0.4, 0.5) is 8.78 Å². The van der Waals surface area contributed by atoms with Crippen molar-refractivity contribution < 1.29 is 27.8 Å². The van der Waals surface area contributed by atoms with Gasteiger partial charge >= 0.3 is 12.6 Å². The molecule has 0 aliphatic rings. The fourth-order valence-corrected chi connectivity index (χ4v) is 3.65. The van der Waals surface area contributed by atoms with Gasteiger partial charge in [-0.05, 0) is 30.2 Å². The second-order valence-electron chi connectivity index (χ2n) is 5.84. The number of hydrogen-bond acceptors (Lipinski definition) is 7. The Kier molecular flexibility index (Phi) is 5.59. The van der Waals surface area contributed by atoms with Gasteiger partial charge in [0.05, 0.1) is 18.8 Å². The molecular formula is C18H16F2N2O5S. The molecule has 148 valence electrons. The Balaban J connectivity index is 1.79. The third kappa shape index (κ3) is 3.81. The first-order chi connectivity index (χ1) is 13.3. The van der Waals surface area contributed by atoms with Gasteiger partial charge in [-0.15, -0.1) is 11.3 Å². The van der Waals surface area contributed by atoms with Crippen LogP contribution >= 0.6 is 11.3 Å². The molecule has 1 aromatic carbocycles. The van der Waals surface area contributed by atoms with Crippen molar-refractivity contribution in [3.63, 3.8) is 0 Å². The Morgan fingerprint density at radius 3 is 2.75 bits per heavy atom. The zero-order valence-electron chi connectivity index (χ0n) is 15.2. The van der Waals surface area contributed by atoms with Crippen molar-refractivity contribution in [1.29, 1.82) is 0 Å². The number of carbonyl (C=O) groups excluding carboxylic acids is 1. The summed E-state index contributed by atoms with van der Waals surface area (Å²) in [6.45, 7) is -1.42. The first kappa shape index (κ1) is 19.7. The average molecular weight is 410 g/mol. The number of carbonyl (C=O) groups is 1. The molecule has 10 heteroatoms. The smallest absolute Gasteiger partial charge is 0.387 e. The van der Waals surface area contributed by atoms with Crippen molar-refractivity contribution in [1.82, 2.24) is 9.55 Å². The molecule has 2 heterocycles. The molecule has 0 atom stereocenters. The van der Waals surface area contributed by atoms with E-state index in [2.05, 4.69) is 9.72 Å². The van der Waals surface area contributed by atoms with Gasteiger partial charge in [0, 0.05) is 7.05 Å². The summed E-state index contributed by atoms with van der Waals surface area (Å²) in [5.74, 6) is -0.621. The number of hydrogen-bond donors (Lipinski definition) is 0. The van der Waals surface area contributed by atoms with E-state index in [1.54, 1.807) is 14.0 Å². The van der Waals surface area contributed by atoms with Crippen molar-refractivity contribution in [2.45, 2.75) is 20.1 Å². The number of aryl methyl sites for hydroxylation is 2. The number of alkyl halides is 2. The highest BCUT2D eigenvalue weighted by Crippen LogP contribution is 2.31. The molecule has 3 rings (SSSR count). The second kappa shape index (κ2) is 7.93. The largest absolute Gasteiger partial charge is 0.493 e. The van der Waals surface area contributed by atoms with E-state index < -0.39 is 12.6 Å². The highest BCUT2D eigenvalue weighted by Gasteiger charge is 2.20. The SMILES string of the molecule is COc1cc(COC(=O)c2sc3ncn(C)c(=O)c3c2C)ccc1OC(F)F. The monoisotopic (exact) mass is 410 g/mol. The van der Waals surface area contributed by atoms with Crippen molar-refractivity contribution in [2.75, 3.05) is 7.11 Å². The molecule has 0 aliphatic heterocycles. The summed E-state index contributed by atoms with van der Waals surface area (Å²) >= 11 is 1.08. The lowest BCUT2D eigenvalue weighted by atomic mass is 10.2. The Bertz CT molecular complexity index is 1090. The van der Waals surface area contributed by atoms with Gasteiger partial charge in [0.2, 0.25) is 0 Å². The van der Waals surface area contributed by atoms with E-state index in [0.29, 0.717) is 21.3 Å². The quantitative estimate of drug-likeness (QED) is 0.581. The molecule has 3 aromatic rings. The van der Waals surface area contributed by atoms with Crippen LogP contribution in [0, 0.1) is 6.92 Å². The highest BCUT2D eigenvalue weighted by atomic mass is 32.1. The van der Waals surface area contributed by atoms with E-state index in [1.807, 2.05) is 0 Å². The lowest BCUT2D eigenvalue weighted by Gasteiger charge is -2.11. The van der Waals surface area contributed by atoms with Gasteiger partial charge in [-0.1, -0.05) is 6.07 Å². The molecule has 2 aromatic heterocycles. The van der Waals surface area contributed by atoms with E-state index in [1.165, 1.54) is 36.2 Å². The minimum absolute atomic E-state index is 0.0968. The molecule has 7 nitrogen and oxygen atoms in total. The van der Waals surface area contributed by atoms with Crippen LogP contribution in [0.5, 0.6) is 11.5 Å². The normalized spacial score (nSPS) is 11.1. The standard InChI is InChI=1S/C18H16F2N2O5S/c1-9-13-15(21-8-22(2)16(13)23)28-14(9)17(24)26-7-10-4-5-11(27-18(19)20)12(6-10)25-3/h4-6,8,18H,7H2,1-3H3. The summed E-state index contributed by atoms with van der Waals surface area (Å²) < 4.78 is 40.8. The minimum atomic E-state index is -2.98. The maximum Gasteiger partial charge on any atom is 0.387 e. The summed E-state index contributed by atoms with van der Waals surface area (Å²) in [6.07, 6.45) is 1.39. The summed E-state index contributed by atoms with van der Waals surface area (Å²) in [4.78, 5) is 29.6. The molecule has 0 N–H and O–H groups in total. The van der Waals surface area contributed by atoms with Crippen molar-refractivity contribution >= 4 is 27.5 Å². The van der Waals surface area contributed by atoms with Crippen molar-refractivity contribution in [2.24, 2.45) is 7.05 Å². The maximum absolute atomic E-state index is 12.5. The Labute approximate surface area is 162 Å². The molecule has 0 saturated heterocycles. The van der Waals surface area contributed by atoms with Gasteiger partial charge in [0.15, 0.2) is 11.5 Å². The molecule has 0 fully saturated rings. The van der Waals surface area contributed by atoms with E-state index in [9.17, 15) is 18.4 Å². The number of esters is 1. The topological polar surface area (TPSA) is 79.7 Å². The van der Waals surface area contributed by atoms with Gasteiger partial charge in [-0.3, -0.25) is 4.79 Å². The summed E-state index contributed by atoms with van der Waals surface area (Å²) in [5, 5.41) is 0.386. The fourth-order valence-electron chi connectivity index (χ4n) is 2.61. The van der Waals surface area contributed by atoms with E-state index >= 15 is 0 Å². The zero-order valence-corrected chi connectivity index (χ0v) is 16.0. The van der Waals surface area contributed by atoms with E-state index in [0.717, 1.165) is 11.3 Å². The van der Waals surface area contributed by atoms with Gasteiger partial charge < -0.3 is 18.8 Å². The number of nitrogens with zero attached hydrogens (tertiary/aromatic N) is 2. The van der Waals surface area contributed by atoms with Crippen LogP contribution in [-0.2, 0) is 18.4 Å². The fraction of sp³-hybridized carbons (Fsp3) is 0.278. The summed E-state index contributed by atoms with van der Waals surface area (Å²) in [5.41, 5.74) is 0.800. The number of benzene rings is 1. The average Bonchev–Trinajstić information content (AvgIpc) is 3.00. The van der Waals surface area contributed by atoms with Gasteiger partial charge in [-0.2, -0.15) is 8.78 Å². The van der Waals surface area contributed by atoms with Crippen LogP contribution in [0.15, 0.2) is 29.3 Å². The molecule has 0 radical (unpaired) electrons. The van der Waals surface area contributed by atoms with Crippen LogP contribution in [0.25, 0.3) is 10.2 Å². The lowest BCUT2D eigenvalue weighted by molar-refractivity contribution is -0.0512. The van der Waals surface area contributed by atoms with Gasteiger partial charge in [-0.25, -0.2) is 9.78 Å². The van der Waals surface area contributed by atoms with Crippen LogP contribution in [0.1, 0.15) is 20.8 Å². The molecule has 0 aliphatic carbocycles. The summed E-state index contributed by atoms with van der Waals surface area (Å²) in [6, 6.07) is 4.25. The third-order valence-electron chi connectivity index (χ3n) is 4.01. The Morgan fingerprint density at radius 2 is 2.07 bits per heavy atom. The molecule has 28 heavy (non-hydrogen) atoms. The van der Waals surface area contributed by atoms with Crippen LogP contribution in [0.3, 0.4) is 0 Å². The number of fused-ring (bicyclic) bond motifs is 1. The predicted octanol–water partition coefficient (Wildman–Crippen LogP) is 3.27. The van der Waals surface area contributed by atoms with Crippen LogP contribution in [-0.4, -0.2) is 29.2 Å². The number of rotatable bonds is 6. The number of ether oxygens (including phenoxy) is 3. The lowest BCUT2D eigenvalue weighted by Crippen LogP contribution is -2.16. The molecule has 0 spiro atoms. The predicted molar refractivity (Wildman–Crippen MR) is 98.3 cm³/mol. The van der Waals surface area contributed by atoms with Crippen molar-refractivity contribution in [3.05, 3.63) is 50.9 Å². The highest BCUT2D eigenvalue weighted by molar-refractivity contribution is 7.20. The number of thiophene rings is 1. The van der Waals surface area contributed by atoms with Gasteiger partial charge in [0.1, 0.15) is 16.3 Å². The van der Waals surface area contributed by atoms with E-state index in [4.69, 9.17) is 9.47 Å². The third-order valence-corrected chi connectivity index (χ3v) is 5.19. The Morgan fingerprint density at radius 1 is 1.32 bits per heavy atom. The zero-order chi connectivity index (χ0) is 20.4. The number of methoxy groups -OCH3 is 1. The van der Waals surface area contributed by atoms with Gasteiger partial charge in [0.25, 0.3) is 5.56 Å². The van der Waals surface area contributed by atoms with Crippen LogP contribution < -0.4 is 15.0 Å². The molecular weight excluding hydrogens is 394 g/mol. The first-order valence-electron chi connectivity index (χ1n) is 8.05. The molecule has 0 saturated carbocycles. The second-order valence-corrected chi connectivity index (χ2v) is 6.84. The molecule has 0 unspecified atom stereocenters. The van der Waals surface area contributed by atoms with E-state index in [-0.39, 0.29) is 28.5 Å². The van der Waals surface area contributed by atoms with Crippen LogP contribution in [0.2, 0.25) is 0 Å². The maximum atomic E-state index is 12.5. The number of halogens is 2. The molecule has 0 bridgehead atoms. The number of aromatic nitrogens is 2.